The number of nitrogens with two attached hydrogens (primary N) is 1. The van der Waals surface area contributed by atoms with Crippen molar-refractivity contribution in [1.29, 1.82) is 0 Å². The average molecular weight is 653 g/mol. The van der Waals surface area contributed by atoms with E-state index in [1.807, 2.05) is 64.1 Å². The summed E-state index contributed by atoms with van der Waals surface area (Å²) in [4.78, 5) is 42.3. The second-order valence-electron chi connectivity index (χ2n) is 11.7. The maximum absolute atomic E-state index is 14.0. The first-order valence-corrected chi connectivity index (χ1v) is 16.3. The topological polar surface area (TPSA) is 134 Å². The summed E-state index contributed by atoms with van der Waals surface area (Å²) in [6, 6.07) is 17.8. The van der Waals surface area contributed by atoms with Crippen molar-refractivity contribution < 1.29 is 24.2 Å². The van der Waals surface area contributed by atoms with E-state index in [9.17, 15) is 19.5 Å². The Kier molecular flexibility index (Phi) is 11.4. The SMILES string of the molecule is CCCOc1ccc(C[C@H](NC(=O)c2cccc(N)c2Cl)[C@H](O)C(=O)N2CSC(C)(C)C2C(=O)NCc2ccccc2C)cc1. The van der Waals surface area contributed by atoms with Gasteiger partial charge in [0.25, 0.3) is 11.8 Å². The van der Waals surface area contributed by atoms with E-state index in [1.165, 1.54) is 22.7 Å². The summed E-state index contributed by atoms with van der Waals surface area (Å²) in [6.07, 6.45) is -0.667. The molecule has 5 N–H and O–H groups in total. The van der Waals surface area contributed by atoms with Gasteiger partial charge in [0, 0.05) is 11.3 Å². The van der Waals surface area contributed by atoms with Gasteiger partial charge in [-0.3, -0.25) is 14.4 Å². The van der Waals surface area contributed by atoms with Gasteiger partial charge in [-0.2, -0.15) is 0 Å². The summed E-state index contributed by atoms with van der Waals surface area (Å²) in [5.41, 5.74) is 9.05. The van der Waals surface area contributed by atoms with Gasteiger partial charge in [-0.25, -0.2) is 0 Å². The summed E-state index contributed by atoms with van der Waals surface area (Å²) in [6.45, 7) is 8.68. The highest BCUT2D eigenvalue weighted by Gasteiger charge is 2.49. The Bertz CT molecular complexity index is 1520. The molecule has 1 heterocycles. The summed E-state index contributed by atoms with van der Waals surface area (Å²) in [5.74, 6) is -0.660. The number of aliphatic hydroxyl groups excluding tert-OH is 1. The number of aryl methyl sites for hydroxylation is 1. The normalized spacial score (nSPS) is 16.9. The maximum atomic E-state index is 14.0. The summed E-state index contributed by atoms with van der Waals surface area (Å²) in [5, 5.41) is 17.4. The molecule has 3 amide bonds. The third kappa shape index (κ3) is 8.31. The Morgan fingerprint density at radius 1 is 1.11 bits per heavy atom. The second-order valence-corrected chi connectivity index (χ2v) is 13.6. The van der Waals surface area contributed by atoms with Crippen LogP contribution in [0, 0.1) is 6.92 Å². The number of hydrogen-bond donors (Lipinski definition) is 4. The van der Waals surface area contributed by atoms with E-state index in [-0.39, 0.29) is 34.5 Å². The Morgan fingerprint density at radius 2 is 1.82 bits per heavy atom. The molecule has 0 saturated carbocycles. The summed E-state index contributed by atoms with van der Waals surface area (Å²) >= 11 is 7.77. The van der Waals surface area contributed by atoms with Crippen LogP contribution in [-0.4, -0.2) is 63.1 Å². The molecule has 0 aliphatic carbocycles. The van der Waals surface area contributed by atoms with E-state index in [0.29, 0.717) is 18.9 Å². The molecular formula is C34H41ClN4O5S. The molecule has 1 aliphatic heterocycles. The van der Waals surface area contributed by atoms with Crippen molar-refractivity contribution in [3.8, 4) is 5.75 Å². The van der Waals surface area contributed by atoms with E-state index in [1.54, 1.807) is 24.3 Å². The first kappa shape index (κ1) is 34.1. The van der Waals surface area contributed by atoms with Crippen molar-refractivity contribution in [3.63, 3.8) is 0 Å². The predicted molar refractivity (Wildman–Crippen MR) is 179 cm³/mol. The van der Waals surface area contributed by atoms with E-state index in [4.69, 9.17) is 22.1 Å². The van der Waals surface area contributed by atoms with Crippen LogP contribution in [0.1, 0.15) is 54.2 Å². The van der Waals surface area contributed by atoms with E-state index in [2.05, 4.69) is 10.6 Å². The number of amides is 3. The van der Waals surface area contributed by atoms with Gasteiger partial charge in [0.2, 0.25) is 5.91 Å². The quantitative estimate of drug-likeness (QED) is 0.208. The van der Waals surface area contributed by atoms with Gasteiger partial charge in [-0.05, 0) is 74.6 Å². The van der Waals surface area contributed by atoms with Crippen molar-refractivity contribution in [2.45, 2.75) is 70.0 Å². The lowest BCUT2D eigenvalue weighted by Gasteiger charge is -2.33. The number of nitrogens with zero attached hydrogens (tertiary/aromatic N) is 1. The Morgan fingerprint density at radius 3 is 2.51 bits per heavy atom. The molecule has 0 aromatic heterocycles. The molecule has 3 aromatic rings. The number of nitrogens with one attached hydrogen (secondary N) is 2. The first-order valence-electron chi connectivity index (χ1n) is 14.9. The molecule has 240 valence electrons. The van der Waals surface area contributed by atoms with Crippen molar-refractivity contribution in [1.82, 2.24) is 15.5 Å². The standard InChI is InChI=1S/C34H41ClN4O5S/c1-5-17-44-24-15-13-22(14-16-24)18-27(38-31(41)25-11-8-12-26(36)28(25)35)29(40)33(43)39-20-45-34(3,4)30(39)32(42)37-19-23-10-7-6-9-21(23)2/h6-16,27,29-30,40H,5,17-20,36H2,1-4H3,(H,37,42)(H,38,41)/t27-,29-,30?/m0/s1. The van der Waals surface area contributed by atoms with Crippen molar-refractivity contribution in [2.75, 3.05) is 18.2 Å². The lowest BCUT2D eigenvalue weighted by atomic mass is 9.96. The van der Waals surface area contributed by atoms with Gasteiger partial charge in [0.1, 0.15) is 11.8 Å². The number of ether oxygens (including phenoxy) is 1. The monoisotopic (exact) mass is 652 g/mol. The minimum absolute atomic E-state index is 0.0788. The number of carbonyl (C=O) groups is 3. The van der Waals surface area contributed by atoms with Crippen LogP contribution in [0.3, 0.4) is 0 Å². The fourth-order valence-corrected chi connectivity index (χ4v) is 6.60. The number of hydrogen-bond acceptors (Lipinski definition) is 7. The van der Waals surface area contributed by atoms with Crippen LogP contribution >= 0.6 is 23.4 Å². The van der Waals surface area contributed by atoms with Gasteiger partial charge in [-0.1, -0.05) is 61.0 Å². The number of anilines is 1. The molecule has 1 saturated heterocycles. The molecule has 4 rings (SSSR count). The zero-order valence-electron chi connectivity index (χ0n) is 26.0. The largest absolute Gasteiger partial charge is 0.494 e. The van der Waals surface area contributed by atoms with E-state index < -0.39 is 34.7 Å². The summed E-state index contributed by atoms with van der Waals surface area (Å²) < 4.78 is 5.06. The third-order valence-electron chi connectivity index (χ3n) is 7.87. The van der Waals surface area contributed by atoms with Crippen LogP contribution in [0.25, 0.3) is 0 Å². The highest BCUT2D eigenvalue weighted by atomic mass is 35.5. The number of carbonyl (C=O) groups excluding carboxylic acids is 3. The first-order chi connectivity index (χ1) is 21.4. The number of rotatable bonds is 12. The van der Waals surface area contributed by atoms with Crippen LogP contribution in [0.2, 0.25) is 5.02 Å². The van der Waals surface area contributed by atoms with Crippen LogP contribution < -0.4 is 21.1 Å². The number of thioether (sulfide) groups is 1. The summed E-state index contributed by atoms with van der Waals surface area (Å²) in [7, 11) is 0. The number of halogens is 1. The van der Waals surface area contributed by atoms with Gasteiger partial charge in [0.05, 0.1) is 34.8 Å². The zero-order valence-corrected chi connectivity index (χ0v) is 27.6. The van der Waals surface area contributed by atoms with Crippen molar-refractivity contribution in [2.24, 2.45) is 0 Å². The molecule has 9 nitrogen and oxygen atoms in total. The molecule has 3 atom stereocenters. The minimum atomic E-state index is -1.66. The molecule has 3 aromatic carbocycles. The molecular weight excluding hydrogens is 612 g/mol. The fraction of sp³-hybridized carbons (Fsp3) is 0.382. The zero-order chi connectivity index (χ0) is 32.7. The van der Waals surface area contributed by atoms with E-state index in [0.717, 1.165) is 23.1 Å². The molecule has 0 bridgehead atoms. The van der Waals surface area contributed by atoms with Crippen LogP contribution in [-0.2, 0) is 22.6 Å². The molecule has 1 unspecified atom stereocenters. The third-order valence-corrected chi connectivity index (χ3v) is 9.66. The van der Waals surface area contributed by atoms with E-state index >= 15 is 0 Å². The molecule has 0 radical (unpaired) electrons. The minimum Gasteiger partial charge on any atom is -0.494 e. The van der Waals surface area contributed by atoms with Gasteiger partial charge >= 0.3 is 0 Å². The average Bonchev–Trinajstić information content (AvgIpc) is 3.35. The fourth-order valence-electron chi connectivity index (χ4n) is 5.25. The number of nitrogen functional groups attached to an aromatic ring is 1. The highest BCUT2D eigenvalue weighted by Crippen LogP contribution is 2.40. The molecule has 45 heavy (non-hydrogen) atoms. The predicted octanol–water partition coefficient (Wildman–Crippen LogP) is 4.72. The highest BCUT2D eigenvalue weighted by molar-refractivity contribution is 8.00. The van der Waals surface area contributed by atoms with Crippen molar-refractivity contribution >= 4 is 46.8 Å². The van der Waals surface area contributed by atoms with Gasteiger partial charge < -0.3 is 31.1 Å². The Labute approximate surface area is 273 Å². The molecule has 1 aliphatic rings. The Balaban J connectivity index is 1.57. The molecule has 1 fully saturated rings. The van der Waals surface area contributed by atoms with Gasteiger partial charge in [0.15, 0.2) is 6.10 Å². The molecule has 11 heteroatoms. The van der Waals surface area contributed by atoms with Crippen LogP contribution in [0.4, 0.5) is 5.69 Å². The lowest BCUT2D eigenvalue weighted by Crippen LogP contribution is -2.58. The van der Waals surface area contributed by atoms with Crippen LogP contribution in [0.15, 0.2) is 66.7 Å². The second kappa shape index (κ2) is 15.0. The van der Waals surface area contributed by atoms with Crippen molar-refractivity contribution in [3.05, 3.63) is 94.0 Å². The smallest absolute Gasteiger partial charge is 0.254 e. The number of aliphatic hydroxyl groups is 1. The lowest BCUT2D eigenvalue weighted by molar-refractivity contribution is -0.147. The maximum Gasteiger partial charge on any atom is 0.254 e. The molecule has 0 spiro atoms. The number of benzene rings is 3. The van der Waals surface area contributed by atoms with Gasteiger partial charge in [-0.15, -0.1) is 11.8 Å². The Hall–Kier alpha value is -3.73. The van der Waals surface area contributed by atoms with Crippen LogP contribution in [0.5, 0.6) is 5.75 Å².